The molecule has 1 aromatic carbocycles. The first-order valence-electron chi connectivity index (χ1n) is 12.0. The van der Waals surface area contributed by atoms with Crippen LogP contribution in [-0.2, 0) is 4.79 Å². The zero-order chi connectivity index (χ0) is 23.4. The number of carbonyl (C=O) groups is 1. The van der Waals surface area contributed by atoms with Crippen LogP contribution in [0, 0.1) is 5.92 Å². The zero-order valence-corrected chi connectivity index (χ0v) is 20.0. The van der Waals surface area contributed by atoms with Gasteiger partial charge in [-0.15, -0.1) is 11.3 Å². The van der Waals surface area contributed by atoms with Crippen molar-refractivity contribution in [3.05, 3.63) is 29.6 Å². The zero-order valence-electron chi connectivity index (χ0n) is 19.2. The number of piperidine rings is 1. The van der Waals surface area contributed by atoms with Crippen LogP contribution in [0.4, 0.5) is 11.8 Å². The van der Waals surface area contributed by atoms with E-state index in [1.807, 2.05) is 18.2 Å². The Morgan fingerprint density at radius 3 is 2.62 bits per heavy atom. The number of amides is 1. The number of nitrogens with two attached hydrogens (primary N) is 1. The van der Waals surface area contributed by atoms with Gasteiger partial charge in [-0.05, 0) is 38.2 Å². The van der Waals surface area contributed by atoms with E-state index in [0.717, 1.165) is 77.5 Å². The summed E-state index contributed by atoms with van der Waals surface area (Å²) in [5.41, 5.74) is 7.69. The van der Waals surface area contributed by atoms with Crippen molar-refractivity contribution in [1.82, 2.24) is 9.97 Å². The van der Waals surface area contributed by atoms with Gasteiger partial charge < -0.3 is 25.4 Å². The summed E-state index contributed by atoms with van der Waals surface area (Å²) in [6.45, 7) is 1.29. The van der Waals surface area contributed by atoms with Crippen LogP contribution in [0.25, 0.3) is 21.3 Å². The number of carbonyl (C=O) groups excluding carboxylic acids is 1. The molecule has 8 nitrogen and oxygen atoms in total. The van der Waals surface area contributed by atoms with Gasteiger partial charge in [-0.2, -0.15) is 4.98 Å². The molecule has 0 saturated carbocycles. The summed E-state index contributed by atoms with van der Waals surface area (Å²) in [4.78, 5) is 27.6. The number of ether oxygens (including phenoxy) is 1. The Bertz CT molecular complexity index is 1230. The van der Waals surface area contributed by atoms with E-state index in [4.69, 9.17) is 20.4 Å². The van der Waals surface area contributed by atoms with E-state index < -0.39 is 0 Å². The Morgan fingerprint density at radius 1 is 1.15 bits per heavy atom. The monoisotopic (exact) mass is 479 g/mol. The molecule has 9 heteroatoms. The number of aromatic nitrogens is 2. The predicted molar refractivity (Wildman–Crippen MR) is 133 cm³/mol. The van der Waals surface area contributed by atoms with Gasteiger partial charge in [0.1, 0.15) is 16.4 Å². The molecule has 5 heterocycles. The lowest BCUT2D eigenvalue weighted by Crippen LogP contribution is -2.45. The summed E-state index contributed by atoms with van der Waals surface area (Å²) >= 11 is 1.61. The average Bonchev–Trinajstić information content (AvgIpc) is 3.55. The van der Waals surface area contributed by atoms with Crippen LogP contribution < -0.4 is 20.3 Å². The third kappa shape index (κ3) is 3.49. The van der Waals surface area contributed by atoms with Crippen LogP contribution >= 0.6 is 11.3 Å². The van der Waals surface area contributed by atoms with E-state index in [-0.39, 0.29) is 30.0 Å². The van der Waals surface area contributed by atoms with Crippen molar-refractivity contribution in [2.45, 2.75) is 50.3 Å². The Kier molecular flexibility index (Phi) is 5.33. The number of benzene rings is 1. The van der Waals surface area contributed by atoms with Crippen LogP contribution in [-0.4, -0.2) is 59.4 Å². The second-order valence-corrected chi connectivity index (χ2v) is 10.5. The fourth-order valence-corrected chi connectivity index (χ4v) is 6.91. The molecular formula is C25H29N5O3S. The molecule has 2 aromatic heterocycles. The SMILES string of the molecule is COc1ccccc1-c1csc2nc(N3C4CCC3CC(O)C4)nc(N3CCC(C(N)=O)C3)c12. The van der Waals surface area contributed by atoms with Gasteiger partial charge in [0.15, 0.2) is 0 Å². The van der Waals surface area contributed by atoms with Gasteiger partial charge >= 0.3 is 0 Å². The van der Waals surface area contributed by atoms with Crippen molar-refractivity contribution < 1.29 is 14.6 Å². The first kappa shape index (κ1) is 21.6. The van der Waals surface area contributed by atoms with Crippen molar-refractivity contribution in [2.24, 2.45) is 11.7 Å². The minimum Gasteiger partial charge on any atom is -0.496 e. The molecule has 0 aliphatic carbocycles. The number of hydrogen-bond acceptors (Lipinski definition) is 8. The minimum absolute atomic E-state index is 0.178. The van der Waals surface area contributed by atoms with E-state index in [1.165, 1.54) is 0 Å². The fourth-order valence-electron chi connectivity index (χ4n) is 5.98. The Labute approximate surface area is 202 Å². The smallest absolute Gasteiger partial charge is 0.229 e. The normalized spacial score (nSPS) is 26.4. The van der Waals surface area contributed by atoms with Crippen LogP contribution in [0.2, 0.25) is 0 Å². The molecule has 1 amide bonds. The summed E-state index contributed by atoms with van der Waals surface area (Å²) in [5, 5.41) is 13.4. The highest BCUT2D eigenvalue weighted by Crippen LogP contribution is 2.45. The molecule has 3 unspecified atom stereocenters. The molecule has 34 heavy (non-hydrogen) atoms. The minimum atomic E-state index is -0.258. The molecule has 3 fully saturated rings. The maximum Gasteiger partial charge on any atom is 0.229 e. The summed E-state index contributed by atoms with van der Waals surface area (Å²) in [5.74, 6) is 1.96. The predicted octanol–water partition coefficient (Wildman–Crippen LogP) is 3.17. The second kappa shape index (κ2) is 8.39. The molecule has 2 bridgehead atoms. The summed E-state index contributed by atoms with van der Waals surface area (Å²) in [7, 11) is 1.68. The highest BCUT2D eigenvalue weighted by atomic mass is 32.1. The molecule has 3 atom stereocenters. The van der Waals surface area contributed by atoms with E-state index in [0.29, 0.717) is 6.54 Å². The quantitative estimate of drug-likeness (QED) is 0.579. The maximum absolute atomic E-state index is 11.9. The van der Waals surface area contributed by atoms with Gasteiger partial charge in [0.2, 0.25) is 11.9 Å². The van der Waals surface area contributed by atoms with E-state index in [2.05, 4.69) is 21.2 Å². The second-order valence-electron chi connectivity index (χ2n) is 9.63. The number of fused-ring (bicyclic) bond motifs is 3. The van der Waals surface area contributed by atoms with Gasteiger partial charge in [-0.1, -0.05) is 18.2 Å². The number of thiophene rings is 1. The number of para-hydroxylation sites is 1. The van der Waals surface area contributed by atoms with E-state index in [1.54, 1.807) is 18.4 Å². The van der Waals surface area contributed by atoms with Crippen LogP contribution in [0.3, 0.4) is 0 Å². The molecule has 3 aliphatic heterocycles. The number of nitrogens with zero attached hydrogens (tertiary/aromatic N) is 4. The Balaban J connectivity index is 1.51. The largest absolute Gasteiger partial charge is 0.496 e. The third-order valence-electron chi connectivity index (χ3n) is 7.63. The number of rotatable bonds is 5. The Hall–Kier alpha value is -2.91. The highest BCUT2D eigenvalue weighted by molar-refractivity contribution is 7.17. The molecule has 3 aliphatic rings. The number of anilines is 2. The van der Waals surface area contributed by atoms with E-state index in [9.17, 15) is 9.90 Å². The van der Waals surface area contributed by atoms with Gasteiger partial charge in [-0.3, -0.25) is 4.79 Å². The van der Waals surface area contributed by atoms with Crippen LogP contribution in [0.5, 0.6) is 5.75 Å². The van der Waals surface area contributed by atoms with Gasteiger partial charge in [0.25, 0.3) is 0 Å². The van der Waals surface area contributed by atoms with Gasteiger partial charge in [0.05, 0.1) is 24.5 Å². The fraction of sp³-hybridized carbons (Fsp3) is 0.480. The number of primary amides is 1. The molecule has 3 aromatic rings. The number of methoxy groups -OCH3 is 1. The van der Waals surface area contributed by atoms with Crippen molar-refractivity contribution in [3.63, 3.8) is 0 Å². The van der Waals surface area contributed by atoms with Crippen molar-refractivity contribution in [2.75, 3.05) is 30.0 Å². The summed E-state index contributed by atoms with van der Waals surface area (Å²) in [6.07, 6.45) is 4.12. The lowest BCUT2D eigenvalue weighted by atomic mass is 10.0. The molecule has 3 N–H and O–H groups in total. The first-order chi connectivity index (χ1) is 16.5. The number of hydrogen-bond donors (Lipinski definition) is 2. The third-order valence-corrected chi connectivity index (χ3v) is 8.50. The van der Waals surface area contributed by atoms with Crippen molar-refractivity contribution in [1.29, 1.82) is 0 Å². The van der Waals surface area contributed by atoms with Crippen molar-refractivity contribution >= 4 is 39.2 Å². The van der Waals surface area contributed by atoms with Crippen molar-refractivity contribution in [3.8, 4) is 16.9 Å². The maximum atomic E-state index is 11.9. The number of aliphatic hydroxyl groups is 1. The topological polar surface area (TPSA) is 105 Å². The van der Waals surface area contributed by atoms with Crippen LogP contribution in [0.1, 0.15) is 32.1 Å². The summed E-state index contributed by atoms with van der Waals surface area (Å²) < 4.78 is 5.65. The standard InChI is InChI=1S/C25H29N5O3S/c1-33-20-5-3-2-4-18(20)19-13-34-24-21(19)23(29-9-8-14(12-29)22(26)32)27-25(28-24)30-15-6-7-16(30)11-17(31)10-15/h2-5,13-17,31H,6-12H2,1H3,(H2,26,32). The summed E-state index contributed by atoms with van der Waals surface area (Å²) in [6, 6.07) is 8.52. The molecule has 0 radical (unpaired) electrons. The molecule has 3 saturated heterocycles. The van der Waals surface area contributed by atoms with E-state index >= 15 is 0 Å². The molecule has 178 valence electrons. The average molecular weight is 480 g/mol. The highest BCUT2D eigenvalue weighted by Gasteiger charge is 2.42. The van der Waals surface area contributed by atoms with Crippen LogP contribution in [0.15, 0.2) is 29.6 Å². The molecule has 0 spiro atoms. The Morgan fingerprint density at radius 2 is 1.91 bits per heavy atom. The first-order valence-corrected chi connectivity index (χ1v) is 12.8. The molecular weight excluding hydrogens is 450 g/mol. The number of aliphatic hydroxyl groups excluding tert-OH is 1. The van der Waals surface area contributed by atoms with Gasteiger partial charge in [0, 0.05) is 41.7 Å². The van der Waals surface area contributed by atoms with Gasteiger partial charge in [-0.25, -0.2) is 4.98 Å². The molecule has 6 rings (SSSR count). The lowest BCUT2D eigenvalue weighted by molar-refractivity contribution is -0.121. The lowest BCUT2D eigenvalue weighted by Gasteiger charge is -2.37.